The molecule has 1 amide bonds. The summed E-state index contributed by atoms with van der Waals surface area (Å²) in [5.41, 5.74) is 0.984. The van der Waals surface area contributed by atoms with E-state index in [0.29, 0.717) is 24.1 Å². The van der Waals surface area contributed by atoms with Crippen LogP contribution in [0, 0.1) is 6.92 Å². The van der Waals surface area contributed by atoms with Gasteiger partial charge in [0, 0.05) is 12.8 Å². The summed E-state index contributed by atoms with van der Waals surface area (Å²) in [5, 5.41) is 6.06. The fourth-order valence-electron chi connectivity index (χ4n) is 2.63. The molecule has 0 aromatic heterocycles. The minimum absolute atomic E-state index is 0.184. The van der Waals surface area contributed by atoms with Crippen LogP contribution in [0.25, 0.3) is 0 Å². The number of hydrogen-bond acceptors (Lipinski definition) is 5. The highest BCUT2D eigenvalue weighted by Crippen LogP contribution is 2.25. The fourth-order valence-corrected chi connectivity index (χ4v) is 2.63. The molecule has 1 fully saturated rings. The van der Waals surface area contributed by atoms with Gasteiger partial charge in [-0.25, -0.2) is 4.79 Å². The van der Waals surface area contributed by atoms with Crippen LogP contribution >= 0.6 is 0 Å². The highest BCUT2D eigenvalue weighted by atomic mass is 16.5. The van der Waals surface area contributed by atoms with Crippen LogP contribution in [0.4, 0.5) is 5.69 Å². The van der Waals surface area contributed by atoms with E-state index in [1.165, 1.54) is 7.11 Å². The van der Waals surface area contributed by atoms with Gasteiger partial charge < -0.3 is 20.1 Å². The number of ether oxygens (including phenoxy) is 2. The van der Waals surface area contributed by atoms with E-state index in [9.17, 15) is 9.59 Å². The monoisotopic (exact) mass is 306 g/mol. The van der Waals surface area contributed by atoms with Gasteiger partial charge in [-0.3, -0.25) is 4.79 Å². The van der Waals surface area contributed by atoms with E-state index in [2.05, 4.69) is 10.6 Å². The zero-order valence-electron chi connectivity index (χ0n) is 13.2. The lowest BCUT2D eigenvalue weighted by Gasteiger charge is -2.34. The molecule has 2 N–H and O–H groups in total. The number of piperidine rings is 1. The summed E-state index contributed by atoms with van der Waals surface area (Å²) in [6.45, 7) is 3.30. The Balaban J connectivity index is 2.19. The Morgan fingerprint density at radius 2 is 1.91 bits per heavy atom. The number of esters is 1. The number of methoxy groups -OCH3 is 2. The first-order chi connectivity index (χ1) is 10.5. The van der Waals surface area contributed by atoms with E-state index in [4.69, 9.17) is 9.47 Å². The van der Waals surface area contributed by atoms with E-state index in [1.54, 1.807) is 25.3 Å². The molecule has 0 bridgehead atoms. The number of hydrogen-bond donors (Lipinski definition) is 2. The van der Waals surface area contributed by atoms with Crippen molar-refractivity contribution in [3.63, 3.8) is 0 Å². The predicted octanol–water partition coefficient (Wildman–Crippen LogP) is 1.49. The average molecular weight is 306 g/mol. The first kappa shape index (κ1) is 16.5. The Hall–Kier alpha value is -1.92. The number of aryl methyl sites for hydroxylation is 1. The third-order valence-corrected chi connectivity index (χ3v) is 4.12. The zero-order chi connectivity index (χ0) is 16.2. The number of anilines is 1. The lowest BCUT2D eigenvalue weighted by atomic mass is 9.91. The SMILES string of the molecule is COC(=O)c1cc(NC(=O)C2(OC)CCNCC2)ccc1C. The van der Waals surface area contributed by atoms with Crippen molar-refractivity contribution in [2.45, 2.75) is 25.4 Å². The molecular formula is C16H22N2O4. The van der Waals surface area contributed by atoms with Crippen molar-refractivity contribution in [2.75, 3.05) is 32.6 Å². The molecule has 0 atom stereocenters. The summed E-state index contributed by atoms with van der Waals surface area (Å²) in [4.78, 5) is 24.3. The Bertz CT molecular complexity index is 565. The van der Waals surface area contributed by atoms with Crippen molar-refractivity contribution >= 4 is 17.6 Å². The molecule has 0 spiro atoms. The van der Waals surface area contributed by atoms with Gasteiger partial charge in [0.25, 0.3) is 5.91 Å². The highest BCUT2D eigenvalue weighted by molar-refractivity contribution is 5.99. The van der Waals surface area contributed by atoms with Crippen molar-refractivity contribution < 1.29 is 19.1 Å². The van der Waals surface area contributed by atoms with Gasteiger partial charge in [0.1, 0.15) is 5.60 Å². The van der Waals surface area contributed by atoms with Crippen LogP contribution in [0.3, 0.4) is 0 Å². The van der Waals surface area contributed by atoms with E-state index in [-0.39, 0.29) is 5.91 Å². The van der Waals surface area contributed by atoms with Crippen molar-refractivity contribution in [1.82, 2.24) is 5.32 Å². The molecule has 0 saturated carbocycles. The average Bonchev–Trinajstić information content (AvgIpc) is 2.56. The molecule has 1 aromatic rings. The normalized spacial score (nSPS) is 16.9. The third-order valence-electron chi connectivity index (χ3n) is 4.12. The number of carbonyl (C=O) groups is 2. The van der Waals surface area contributed by atoms with Gasteiger partial charge in [-0.05, 0) is 50.6 Å². The Morgan fingerprint density at radius 3 is 2.50 bits per heavy atom. The molecule has 120 valence electrons. The molecule has 2 rings (SSSR count). The van der Waals surface area contributed by atoms with E-state index in [0.717, 1.165) is 18.7 Å². The van der Waals surface area contributed by atoms with Crippen LogP contribution in [-0.2, 0) is 14.3 Å². The van der Waals surface area contributed by atoms with Crippen molar-refractivity contribution in [3.05, 3.63) is 29.3 Å². The highest BCUT2D eigenvalue weighted by Gasteiger charge is 2.39. The largest absolute Gasteiger partial charge is 0.465 e. The van der Waals surface area contributed by atoms with Crippen LogP contribution in [0.2, 0.25) is 0 Å². The molecule has 1 aliphatic rings. The maximum absolute atomic E-state index is 12.6. The van der Waals surface area contributed by atoms with Gasteiger partial charge >= 0.3 is 5.97 Å². The number of rotatable bonds is 4. The molecular weight excluding hydrogens is 284 g/mol. The molecule has 22 heavy (non-hydrogen) atoms. The predicted molar refractivity (Wildman–Crippen MR) is 83.0 cm³/mol. The molecule has 1 heterocycles. The van der Waals surface area contributed by atoms with Crippen LogP contribution in [0.1, 0.15) is 28.8 Å². The van der Waals surface area contributed by atoms with Gasteiger partial charge in [-0.15, -0.1) is 0 Å². The number of carbonyl (C=O) groups excluding carboxylic acids is 2. The summed E-state index contributed by atoms with van der Waals surface area (Å²) in [5.74, 6) is -0.604. The fraction of sp³-hybridized carbons (Fsp3) is 0.500. The molecule has 0 unspecified atom stereocenters. The summed E-state index contributed by atoms with van der Waals surface area (Å²) in [6, 6.07) is 5.18. The molecule has 1 saturated heterocycles. The van der Waals surface area contributed by atoms with Gasteiger partial charge in [-0.2, -0.15) is 0 Å². The van der Waals surface area contributed by atoms with Crippen LogP contribution in [0.5, 0.6) is 0 Å². The topological polar surface area (TPSA) is 76.7 Å². The third kappa shape index (κ3) is 3.28. The lowest BCUT2D eigenvalue weighted by molar-refractivity contribution is -0.140. The maximum atomic E-state index is 12.6. The minimum Gasteiger partial charge on any atom is -0.465 e. The van der Waals surface area contributed by atoms with Crippen LogP contribution in [-0.4, -0.2) is 44.8 Å². The maximum Gasteiger partial charge on any atom is 0.338 e. The number of benzene rings is 1. The van der Waals surface area contributed by atoms with Gasteiger partial charge in [-0.1, -0.05) is 6.07 Å². The molecule has 0 radical (unpaired) electrons. The van der Waals surface area contributed by atoms with E-state index < -0.39 is 11.6 Å². The smallest absolute Gasteiger partial charge is 0.338 e. The second-order valence-corrected chi connectivity index (χ2v) is 5.42. The van der Waals surface area contributed by atoms with Crippen molar-refractivity contribution in [3.8, 4) is 0 Å². The number of nitrogens with one attached hydrogen (secondary N) is 2. The summed E-state index contributed by atoms with van der Waals surface area (Å²) < 4.78 is 10.2. The van der Waals surface area contributed by atoms with Crippen LogP contribution < -0.4 is 10.6 Å². The summed E-state index contributed by atoms with van der Waals surface area (Å²) in [6.07, 6.45) is 1.23. The van der Waals surface area contributed by atoms with Crippen LogP contribution in [0.15, 0.2) is 18.2 Å². The van der Waals surface area contributed by atoms with Gasteiger partial charge in [0.05, 0.1) is 12.7 Å². The Labute approximate surface area is 130 Å². The van der Waals surface area contributed by atoms with Crippen molar-refractivity contribution in [2.24, 2.45) is 0 Å². The molecule has 1 aliphatic heterocycles. The zero-order valence-corrected chi connectivity index (χ0v) is 13.2. The lowest BCUT2D eigenvalue weighted by Crippen LogP contribution is -2.51. The molecule has 6 heteroatoms. The summed E-state index contributed by atoms with van der Waals surface area (Å²) >= 11 is 0. The molecule has 0 aliphatic carbocycles. The standard InChI is InChI=1S/C16H22N2O4/c1-11-4-5-12(10-13(11)14(19)21-2)18-15(20)16(22-3)6-8-17-9-7-16/h4-5,10,17H,6-9H2,1-3H3,(H,18,20). The molecule has 1 aromatic carbocycles. The number of amides is 1. The second kappa shape index (κ2) is 6.89. The molecule has 6 nitrogen and oxygen atoms in total. The van der Waals surface area contributed by atoms with Crippen molar-refractivity contribution in [1.29, 1.82) is 0 Å². The second-order valence-electron chi connectivity index (χ2n) is 5.42. The Kier molecular flexibility index (Phi) is 5.15. The van der Waals surface area contributed by atoms with Gasteiger partial charge in [0.15, 0.2) is 0 Å². The van der Waals surface area contributed by atoms with Gasteiger partial charge in [0.2, 0.25) is 0 Å². The van der Waals surface area contributed by atoms with E-state index in [1.807, 2.05) is 6.92 Å². The Morgan fingerprint density at radius 1 is 1.23 bits per heavy atom. The summed E-state index contributed by atoms with van der Waals surface area (Å²) in [7, 11) is 2.89. The first-order valence-corrected chi connectivity index (χ1v) is 7.29. The quantitative estimate of drug-likeness (QED) is 0.824. The minimum atomic E-state index is -0.818. The van der Waals surface area contributed by atoms with E-state index >= 15 is 0 Å². The first-order valence-electron chi connectivity index (χ1n) is 7.29.